The van der Waals surface area contributed by atoms with Crippen LogP contribution in [0, 0.1) is 0 Å². The molecular formula is C26H22N3+. The second kappa shape index (κ2) is 7.64. The molecule has 0 N–H and O–H groups in total. The zero-order valence-corrected chi connectivity index (χ0v) is 16.5. The number of aliphatic imine (C=N–C) groups is 2. The highest BCUT2D eigenvalue weighted by Gasteiger charge is 2.12. The van der Waals surface area contributed by atoms with Crippen LogP contribution in [0.4, 0.5) is 11.4 Å². The first-order valence-electron chi connectivity index (χ1n) is 9.38. The van der Waals surface area contributed by atoms with Gasteiger partial charge in [-0.25, -0.2) is 0 Å². The van der Waals surface area contributed by atoms with Gasteiger partial charge in [0, 0.05) is 29.1 Å². The molecule has 0 bridgehead atoms. The molecular weight excluding hydrogens is 354 g/mol. The van der Waals surface area contributed by atoms with E-state index in [-0.39, 0.29) is 0 Å². The Morgan fingerprint density at radius 3 is 1.86 bits per heavy atom. The van der Waals surface area contributed by atoms with Gasteiger partial charge in [-0.05, 0) is 71.9 Å². The van der Waals surface area contributed by atoms with E-state index < -0.39 is 0 Å². The Labute approximate surface area is 170 Å². The van der Waals surface area contributed by atoms with E-state index in [1.165, 1.54) is 10.8 Å². The fraction of sp³-hybridized carbons (Fsp3) is 0.0385. The fourth-order valence-corrected chi connectivity index (χ4v) is 3.53. The molecule has 0 atom stereocenters. The van der Waals surface area contributed by atoms with Crippen molar-refractivity contribution in [1.82, 2.24) is 0 Å². The Bertz CT molecular complexity index is 1290. The highest BCUT2D eigenvalue weighted by atomic mass is 14.9. The van der Waals surface area contributed by atoms with Crippen LogP contribution in [-0.4, -0.2) is 12.9 Å². The number of hydrogen-bond donors (Lipinski definition) is 0. The summed E-state index contributed by atoms with van der Waals surface area (Å²) in [6.07, 6.45) is 5.54. The molecule has 3 aromatic carbocycles. The molecule has 4 rings (SSSR count). The maximum atomic E-state index is 4.70. The molecule has 0 aliphatic rings. The van der Waals surface area contributed by atoms with Crippen molar-refractivity contribution < 1.29 is 4.57 Å². The third-order valence-corrected chi connectivity index (χ3v) is 5.08. The van der Waals surface area contributed by atoms with Gasteiger partial charge in [-0.1, -0.05) is 25.3 Å². The Morgan fingerprint density at radius 1 is 0.724 bits per heavy atom. The van der Waals surface area contributed by atoms with E-state index in [4.69, 9.17) is 4.99 Å². The SMILES string of the molecule is C=Cc1cc(C=C)cc(C=Nc2ccc3cc4ccc(N=C)cc4[n+](C)c3c2)c1. The number of rotatable bonds is 5. The standard InChI is InChI=1S/C26H22N3/c1-5-18-11-19(6-2)13-20(12-18)17-28-24-10-8-22-14-21-7-9-23(27-3)15-25(21)29(4)26(22)16-24/h5-17H,1-3H2,4H3/q+1. The van der Waals surface area contributed by atoms with Crippen LogP contribution in [0.5, 0.6) is 0 Å². The lowest BCUT2D eigenvalue weighted by Gasteiger charge is -2.04. The van der Waals surface area contributed by atoms with E-state index in [1.807, 2.05) is 36.6 Å². The molecule has 0 unspecified atom stereocenters. The fourth-order valence-electron chi connectivity index (χ4n) is 3.53. The molecule has 0 aliphatic heterocycles. The largest absolute Gasteiger partial charge is 0.264 e. The van der Waals surface area contributed by atoms with Crippen molar-refractivity contribution in [3.8, 4) is 0 Å². The van der Waals surface area contributed by atoms with Crippen molar-refractivity contribution in [2.24, 2.45) is 17.0 Å². The zero-order chi connectivity index (χ0) is 20.4. The lowest BCUT2D eigenvalue weighted by molar-refractivity contribution is -0.617. The third kappa shape index (κ3) is 3.63. The number of aryl methyl sites for hydroxylation is 1. The van der Waals surface area contributed by atoms with Crippen molar-refractivity contribution in [1.29, 1.82) is 0 Å². The van der Waals surface area contributed by atoms with Crippen LogP contribution in [0.2, 0.25) is 0 Å². The van der Waals surface area contributed by atoms with Gasteiger partial charge in [0.25, 0.3) is 0 Å². The van der Waals surface area contributed by atoms with Gasteiger partial charge in [-0.15, -0.1) is 0 Å². The molecule has 0 fully saturated rings. The molecule has 0 aliphatic carbocycles. The van der Waals surface area contributed by atoms with E-state index in [2.05, 4.69) is 78.9 Å². The Kier molecular flexibility index (Phi) is 4.88. The van der Waals surface area contributed by atoms with Gasteiger partial charge >= 0.3 is 0 Å². The van der Waals surface area contributed by atoms with Gasteiger partial charge in [0.1, 0.15) is 7.05 Å². The maximum Gasteiger partial charge on any atom is 0.214 e. The van der Waals surface area contributed by atoms with E-state index in [9.17, 15) is 0 Å². The van der Waals surface area contributed by atoms with E-state index in [0.29, 0.717) is 0 Å². The number of nitrogens with zero attached hydrogens (tertiary/aromatic N) is 3. The van der Waals surface area contributed by atoms with Crippen LogP contribution in [0.3, 0.4) is 0 Å². The summed E-state index contributed by atoms with van der Waals surface area (Å²) < 4.78 is 2.17. The molecule has 29 heavy (non-hydrogen) atoms. The summed E-state index contributed by atoms with van der Waals surface area (Å²) >= 11 is 0. The predicted octanol–water partition coefficient (Wildman–Crippen LogP) is 6.19. The summed E-state index contributed by atoms with van der Waals surface area (Å²) in [4.78, 5) is 8.75. The summed E-state index contributed by atoms with van der Waals surface area (Å²) in [5.74, 6) is 0. The average Bonchev–Trinajstić information content (AvgIpc) is 2.77. The highest BCUT2D eigenvalue weighted by molar-refractivity contribution is 5.92. The van der Waals surface area contributed by atoms with Gasteiger partial charge in [-0.2, -0.15) is 4.57 Å². The zero-order valence-electron chi connectivity index (χ0n) is 16.5. The van der Waals surface area contributed by atoms with Gasteiger partial charge in [0.2, 0.25) is 11.0 Å². The first-order chi connectivity index (χ1) is 14.1. The summed E-state index contributed by atoms with van der Waals surface area (Å²) in [5.41, 5.74) is 7.09. The average molecular weight is 376 g/mol. The Balaban J connectivity index is 1.79. The summed E-state index contributed by atoms with van der Waals surface area (Å²) in [7, 11) is 2.06. The Morgan fingerprint density at radius 2 is 1.28 bits per heavy atom. The summed E-state index contributed by atoms with van der Waals surface area (Å²) in [6.45, 7) is 11.3. The van der Waals surface area contributed by atoms with Crippen molar-refractivity contribution in [2.75, 3.05) is 0 Å². The minimum atomic E-state index is 0.863. The summed E-state index contributed by atoms with van der Waals surface area (Å²) in [5, 5.41) is 2.34. The number of hydrogen-bond acceptors (Lipinski definition) is 2. The van der Waals surface area contributed by atoms with Crippen molar-refractivity contribution in [3.63, 3.8) is 0 Å². The van der Waals surface area contributed by atoms with Gasteiger partial charge in [0.05, 0.1) is 11.4 Å². The monoisotopic (exact) mass is 376 g/mol. The van der Waals surface area contributed by atoms with Crippen LogP contribution in [0.25, 0.3) is 34.0 Å². The van der Waals surface area contributed by atoms with Crippen molar-refractivity contribution in [2.45, 2.75) is 0 Å². The van der Waals surface area contributed by atoms with Gasteiger partial charge < -0.3 is 0 Å². The lowest BCUT2D eigenvalue weighted by atomic mass is 10.1. The van der Waals surface area contributed by atoms with Crippen LogP contribution < -0.4 is 4.57 Å². The molecule has 3 nitrogen and oxygen atoms in total. The van der Waals surface area contributed by atoms with Crippen LogP contribution in [0.1, 0.15) is 16.7 Å². The van der Waals surface area contributed by atoms with Crippen LogP contribution in [-0.2, 0) is 7.05 Å². The highest BCUT2D eigenvalue weighted by Crippen LogP contribution is 2.25. The molecule has 4 aromatic rings. The molecule has 0 spiro atoms. The smallest absolute Gasteiger partial charge is 0.214 e. The minimum absolute atomic E-state index is 0.863. The lowest BCUT2D eigenvalue weighted by Crippen LogP contribution is -2.29. The second-order valence-electron chi connectivity index (χ2n) is 6.95. The molecule has 140 valence electrons. The Hall–Kier alpha value is -3.85. The molecule has 3 heteroatoms. The molecule has 0 radical (unpaired) electrons. The number of aromatic nitrogens is 1. The first kappa shape index (κ1) is 18.5. The number of fused-ring (bicyclic) bond motifs is 2. The van der Waals surface area contributed by atoms with E-state index >= 15 is 0 Å². The normalized spacial score (nSPS) is 11.2. The third-order valence-electron chi connectivity index (χ3n) is 5.08. The number of pyridine rings is 1. The molecule has 0 amide bonds. The van der Waals surface area contributed by atoms with Crippen molar-refractivity contribution >= 4 is 58.3 Å². The van der Waals surface area contributed by atoms with Crippen molar-refractivity contribution in [3.05, 3.63) is 90.5 Å². The first-order valence-corrected chi connectivity index (χ1v) is 9.38. The quantitative estimate of drug-likeness (QED) is 0.226. The predicted molar refractivity (Wildman–Crippen MR) is 126 cm³/mol. The molecule has 1 aromatic heterocycles. The van der Waals surface area contributed by atoms with Crippen LogP contribution >= 0.6 is 0 Å². The molecule has 0 saturated heterocycles. The summed E-state index contributed by atoms with van der Waals surface area (Å²) in [6, 6.07) is 20.7. The second-order valence-corrected chi connectivity index (χ2v) is 6.95. The van der Waals surface area contributed by atoms with E-state index in [0.717, 1.165) is 39.1 Å². The minimum Gasteiger partial charge on any atom is -0.264 e. The van der Waals surface area contributed by atoms with Gasteiger partial charge in [-0.3, -0.25) is 9.98 Å². The van der Waals surface area contributed by atoms with Crippen LogP contribution in [0.15, 0.2) is 83.8 Å². The molecule has 0 saturated carbocycles. The molecule has 1 heterocycles. The van der Waals surface area contributed by atoms with Gasteiger partial charge in [0.15, 0.2) is 0 Å². The number of benzene rings is 3. The van der Waals surface area contributed by atoms with E-state index in [1.54, 1.807) is 0 Å². The maximum absolute atomic E-state index is 4.70. The topological polar surface area (TPSA) is 28.6 Å².